The van der Waals surface area contributed by atoms with Gasteiger partial charge in [0, 0.05) is 37.3 Å². The van der Waals surface area contributed by atoms with Gasteiger partial charge < -0.3 is 11.1 Å². The molecule has 2 unspecified atom stereocenters. The van der Waals surface area contributed by atoms with E-state index < -0.39 is 0 Å². The van der Waals surface area contributed by atoms with Crippen molar-refractivity contribution >= 4 is 11.6 Å². The molecule has 3 N–H and O–H groups in total. The number of piperidine rings is 1. The summed E-state index contributed by atoms with van der Waals surface area (Å²) in [6.45, 7) is 3.71. The maximum Gasteiger partial charge on any atom is 0.225 e. The van der Waals surface area contributed by atoms with Crippen LogP contribution in [0, 0.1) is 0 Å². The van der Waals surface area contributed by atoms with Crippen LogP contribution in [0.1, 0.15) is 32.6 Å². The van der Waals surface area contributed by atoms with Crippen LogP contribution in [0.4, 0.5) is 5.69 Å². The molecule has 1 amide bonds. The summed E-state index contributed by atoms with van der Waals surface area (Å²) in [5, 5.41) is 2.93. The van der Waals surface area contributed by atoms with Gasteiger partial charge in [0.15, 0.2) is 0 Å². The molecule has 110 valence electrons. The number of hydrogen-bond donors (Lipinski definition) is 2. The number of amides is 1. The molecule has 2 rings (SSSR count). The Balaban J connectivity index is 1.82. The molecule has 1 aliphatic rings. The van der Waals surface area contributed by atoms with Crippen LogP contribution in [0.2, 0.25) is 0 Å². The summed E-state index contributed by atoms with van der Waals surface area (Å²) in [7, 11) is 0. The predicted octanol–water partition coefficient (Wildman–Crippen LogP) is 2.22. The molecule has 1 aliphatic heterocycles. The molecule has 1 heterocycles. The van der Waals surface area contributed by atoms with Crippen molar-refractivity contribution in [2.75, 3.05) is 18.4 Å². The van der Waals surface area contributed by atoms with Gasteiger partial charge in [-0.1, -0.05) is 24.6 Å². The second-order valence-corrected chi connectivity index (χ2v) is 5.57. The smallest absolute Gasteiger partial charge is 0.225 e. The van der Waals surface area contributed by atoms with Crippen molar-refractivity contribution in [1.29, 1.82) is 0 Å². The van der Waals surface area contributed by atoms with Crippen LogP contribution in [-0.4, -0.2) is 36.0 Å². The molecule has 0 saturated carbocycles. The molecule has 0 aliphatic carbocycles. The zero-order valence-electron chi connectivity index (χ0n) is 12.2. The molecular weight excluding hydrogens is 250 g/mol. The number of anilines is 1. The molecule has 0 aromatic heterocycles. The number of nitrogens with two attached hydrogens (primary N) is 1. The topological polar surface area (TPSA) is 58.4 Å². The van der Waals surface area contributed by atoms with E-state index in [1.165, 1.54) is 12.8 Å². The molecule has 0 radical (unpaired) electrons. The highest BCUT2D eigenvalue weighted by Crippen LogP contribution is 2.22. The minimum Gasteiger partial charge on any atom is -0.329 e. The molecule has 1 saturated heterocycles. The summed E-state index contributed by atoms with van der Waals surface area (Å²) in [6, 6.07) is 10.6. The zero-order valence-corrected chi connectivity index (χ0v) is 12.2. The third-order valence-corrected chi connectivity index (χ3v) is 4.12. The molecule has 20 heavy (non-hydrogen) atoms. The van der Waals surface area contributed by atoms with Crippen LogP contribution in [-0.2, 0) is 4.79 Å². The lowest BCUT2D eigenvalue weighted by Crippen LogP contribution is -2.49. The summed E-state index contributed by atoms with van der Waals surface area (Å²) in [5.74, 6) is 0.0738. The van der Waals surface area contributed by atoms with Crippen molar-refractivity contribution in [3.63, 3.8) is 0 Å². The molecule has 1 fully saturated rings. The fraction of sp³-hybridized carbons (Fsp3) is 0.562. The van der Waals surface area contributed by atoms with Crippen LogP contribution in [0.15, 0.2) is 30.3 Å². The van der Waals surface area contributed by atoms with Gasteiger partial charge in [-0.25, -0.2) is 0 Å². The van der Waals surface area contributed by atoms with Crippen LogP contribution in [0.25, 0.3) is 0 Å². The molecule has 1 aromatic carbocycles. The van der Waals surface area contributed by atoms with E-state index in [0.717, 1.165) is 18.7 Å². The summed E-state index contributed by atoms with van der Waals surface area (Å²) in [6.07, 6.45) is 4.13. The largest absolute Gasteiger partial charge is 0.329 e. The number of nitrogens with one attached hydrogen (secondary N) is 1. The predicted molar refractivity (Wildman–Crippen MR) is 82.6 cm³/mol. The third-order valence-electron chi connectivity index (χ3n) is 4.12. The van der Waals surface area contributed by atoms with Crippen molar-refractivity contribution < 1.29 is 4.79 Å². The van der Waals surface area contributed by atoms with Crippen LogP contribution in [0.5, 0.6) is 0 Å². The molecule has 4 nitrogen and oxygen atoms in total. The fourth-order valence-electron chi connectivity index (χ4n) is 2.97. The van der Waals surface area contributed by atoms with Gasteiger partial charge in [0.05, 0.1) is 0 Å². The number of rotatable bonds is 5. The highest BCUT2D eigenvalue weighted by atomic mass is 16.1. The van der Waals surface area contributed by atoms with E-state index in [1.807, 2.05) is 30.3 Å². The second-order valence-electron chi connectivity index (χ2n) is 5.57. The van der Waals surface area contributed by atoms with Gasteiger partial charge in [-0.2, -0.15) is 0 Å². The van der Waals surface area contributed by atoms with Crippen molar-refractivity contribution in [2.45, 2.75) is 44.7 Å². The summed E-state index contributed by atoms with van der Waals surface area (Å²) < 4.78 is 0. The fourth-order valence-corrected chi connectivity index (χ4v) is 2.97. The van der Waals surface area contributed by atoms with Gasteiger partial charge in [0.25, 0.3) is 0 Å². The summed E-state index contributed by atoms with van der Waals surface area (Å²) in [5.41, 5.74) is 6.70. The highest BCUT2D eigenvalue weighted by molar-refractivity contribution is 5.90. The van der Waals surface area contributed by atoms with Gasteiger partial charge in [-0.05, 0) is 31.9 Å². The molecule has 0 bridgehead atoms. The monoisotopic (exact) mass is 275 g/mol. The number of carbonyl (C=O) groups excluding carboxylic acids is 1. The average Bonchev–Trinajstić information content (AvgIpc) is 2.46. The van der Waals surface area contributed by atoms with Crippen LogP contribution < -0.4 is 11.1 Å². The highest BCUT2D eigenvalue weighted by Gasteiger charge is 2.26. The SMILES string of the molecule is CC1CCCC(CN)N1CCC(=O)Nc1ccccc1. The van der Waals surface area contributed by atoms with Crippen molar-refractivity contribution in [2.24, 2.45) is 5.73 Å². The van der Waals surface area contributed by atoms with E-state index >= 15 is 0 Å². The Labute approximate surface area is 121 Å². The lowest BCUT2D eigenvalue weighted by molar-refractivity contribution is -0.116. The van der Waals surface area contributed by atoms with E-state index in [-0.39, 0.29) is 5.91 Å². The molecule has 0 spiro atoms. The first-order chi connectivity index (χ1) is 9.70. The summed E-state index contributed by atoms with van der Waals surface area (Å²) >= 11 is 0. The number of para-hydroxylation sites is 1. The maximum atomic E-state index is 12.0. The van der Waals surface area contributed by atoms with Gasteiger partial charge in [0.2, 0.25) is 5.91 Å². The van der Waals surface area contributed by atoms with Crippen molar-refractivity contribution in [3.05, 3.63) is 30.3 Å². The average molecular weight is 275 g/mol. The van der Waals surface area contributed by atoms with E-state index in [9.17, 15) is 4.79 Å². The Kier molecular flexibility index (Phi) is 5.56. The zero-order chi connectivity index (χ0) is 14.4. The quantitative estimate of drug-likeness (QED) is 0.866. The summed E-state index contributed by atoms with van der Waals surface area (Å²) in [4.78, 5) is 14.4. The Bertz CT molecular complexity index is 421. The number of hydrogen-bond acceptors (Lipinski definition) is 3. The van der Waals surface area contributed by atoms with Gasteiger partial charge in [0.1, 0.15) is 0 Å². The van der Waals surface area contributed by atoms with Gasteiger partial charge >= 0.3 is 0 Å². The minimum atomic E-state index is 0.0738. The maximum absolute atomic E-state index is 12.0. The molecular formula is C16H25N3O. The van der Waals surface area contributed by atoms with Crippen LogP contribution in [0.3, 0.4) is 0 Å². The first-order valence-electron chi connectivity index (χ1n) is 7.51. The molecule has 1 aromatic rings. The Morgan fingerprint density at radius 2 is 2.10 bits per heavy atom. The molecule has 4 heteroatoms. The standard InChI is InChI=1S/C16H25N3O/c1-13-6-5-9-15(12-17)19(13)11-10-16(20)18-14-7-3-2-4-8-14/h2-4,7-8,13,15H,5-6,9-12,17H2,1H3,(H,18,20). The Morgan fingerprint density at radius 1 is 1.35 bits per heavy atom. The normalized spacial score (nSPS) is 23.5. The minimum absolute atomic E-state index is 0.0738. The third kappa shape index (κ3) is 4.05. The van der Waals surface area contributed by atoms with Crippen molar-refractivity contribution in [1.82, 2.24) is 4.90 Å². The lowest BCUT2D eigenvalue weighted by Gasteiger charge is -2.40. The van der Waals surface area contributed by atoms with E-state index in [2.05, 4.69) is 17.1 Å². The van der Waals surface area contributed by atoms with Gasteiger partial charge in [-0.3, -0.25) is 9.69 Å². The Morgan fingerprint density at radius 3 is 2.80 bits per heavy atom. The van der Waals surface area contributed by atoms with E-state index in [0.29, 0.717) is 25.0 Å². The first kappa shape index (κ1) is 15.0. The van der Waals surface area contributed by atoms with Crippen LogP contribution >= 0.6 is 0 Å². The lowest BCUT2D eigenvalue weighted by atomic mass is 9.96. The number of carbonyl (C=O) groups is 1. The first-order valence-corrected chi connectivity index (χ1v) is 7.51. The second kappa shape index (κ2) is 7.41. The van der Waals surface area contributed by atoms with Gasteiger partial charge in [-0.15, -0.1) is 0 Å². The van der Waals surface area contributed by atoms with E-state index in [4.69, 9.17) is 5.73 Å². The molecule has 2 atom stereocenters. The number of likely N-dealkylation sites (tertiary alicyclic amines) is 1. The number of benzene rings is 1. The van der Waals surface area contributed by atoms with E-state index in [1.54, 1.807) is 0 Å². The van der Waals surface area contributed by atoms with Crippen molar-refractivity contribution in [3.8, 4) is 0 Å². The number of nitrogens with zero attached hydrogens (tertiary/aromatic N) is 1. The Hall–Kier alpha value is -1.39.